The van der Waals surface area contributed by atoms with E-state index in [0.29, 0.717) is 23.7 Å². The van der Waals surface area contributed by atoms with E-state index < -0.39 is 0 Å². The highest BCUT2D eigenvalue weighted by Gasteiger charge is 2.09. The molecule has 0 bridgehead atoms. The molecule has 0 saturated carbocycles. The standard InChI is InChI=1S/C18H25FN2O2/c1-6-16(14-7-8-15(19)13(4)10-14)21-17(9-12(2)3)20-11-18(22)23-5/h6-8,10,12H,9,11H2,1-5H3,(H,20,21). The smallest absolute Gasteiger partial charge is 0.327 e. The lowest BCUT2D eigenvalue weighted by Crippen LogP contribution is -2.25. The number of hydrogen-bond acceptors (Lipinski definition) is 3. The summed E-state index contributed by atoms with van der Waals surface area (Å²) in [7, 11) is 1.34. The zero-order valence-electron chi connectivity index (χ0n) is 14.4. The molecule has 0 atom stereocenters. The van der Waals surface area contributed by atoms with Crippen molar-refractivity contribution in [2.45, 2.75) is 34.1 Å². The van der Waals surface area contributed by atoms with Crippen molar-refractivity contribution in [3.05, 3.63) is 41.2 Å². The summed E-state index contributed by atoms with van der Waals surface area (Å²) in [5, 5.41) is 3.26. The molecule has 23 heavy (non-hydrogen) atoms. The van der Waals surface area contributed by atoms with Crippen molar-refractivity contribution >= 4 is 17.5 Å². The minimum atomic E-state index is -0.382. The van der Waals surface area contributed by atoms with E-state index in [4.69, 9.17) is 0 Å². The molecule has 0 aromatic heterocycles. The van der Waals surface area contributed by atoms with Gasteiger partial charge in [-0.15, -0.1) is 0 Å². The molecular formula is C18H25FN2O2. The van der Waals surface area contributed by atoms with Crippen molar-refractivity contribution in [3.63, 3.8) is 0 Å². The van der Waals surface area contributed by atoms with Gasteiger partial charge in [0, 0.05) is 12.1 Å². The topological polar surface area (TPSA) is 50.7 Å². The minimum Gasteiger partial charge on any atom is -0.468 e. The summed E-state index contributed by atoms with van der Waals surface area (Å²) in [6.45, 7) is 7.76. The van der Waals surface area contributed by atoms with Gasteiger partial charge < -0.3 is 10.1 Å². The van der Waals surface area contributed by atoms with Crippen LogP contribution in [0.5, 0.6) is 0 Å². The molecule has 0 fully saturated rings. The molecule has 1 aromatic rings. The van der Waals surface area contributed by atoms with Crippen LogP contribution in [0.3, 0.4) is 0 Å². The fraction of sp³-hybridized carbons (Fsp3) is 0.444. The number of benzene rings is 1. The van der Waals surface area contributed by atoms with Crippen molar-refractivity contribution < 1.29 is 13.9 Å². The van der Waals surface area contributed by atoms with Gasteiger partial charge in [0.25, 0.3) is 0 Å². The van der Waals surface area contributed by atoms with Crippen LogP contribution in [0.2, 0.25) is 0 Å². The predicted molar refractivity (Wildman–Crippen MR) is 91.7 cm³/mol. The summed E-state index contributed by atoms with van der Waals surface area (Å²) in [6.07, 6.45) is 2.61. The van der Waals surface area contributed by atoms with Crippen LogP contribution in [-0.4, -0.2) is 25.5 Å². The molecule has 4 nitrogen and oxygen atoms in total. The van der Waals surface area contributed by atoms with Crippen LogP contribution in [0.15, 0.2) is 29.3 Å². The third kappa shape index (κ3) is 6.22. The first-order valence-electron chi connectivity index (χ1n) is 7.67. The second-order valence-electron chi connectivity index (χ2n) is 5.73. The molecule has 0 spiro atoms. The number of carbonyl (C=O) groups excluding carboxylic acids is 1. The maximum Gasteiger partial charge on any atom is 0.327 e. The Morgan fingerprint density at radius 2 is 2.13 bits per heavy atom. The SMILES string of the molecule is CC=C(NC(CC(C)C)=NCC(=O)OC)c1ccc(F)c(C)c1. The van der Waals surface area contributed by atoms with Gasteiger partial charge in [-0.05, 0) is 49.1 Å². The number of rotatable bonds is 6. The molecule has 126 valence electrons. The van der Waals surface area contributed by atoms with Gasteiger partial charge >= 0.3 is 5.97 Å². The average Bonchev–Trinajstić information content (AvgIpc) is 2.51. The fourth-order valence-corrected chi connectivity index (χ4v) is 2.05. The van der Waals surface area contributed by atoms with E-state index >= 15 is 0 Å². The van der Waals surface area contributed by atoms with Crippen LogP contribution in [0.1, 0.15) is 38.3 Å². The van der Waals surface area contributed by atoms with Crippen molar-refractivity contribution in [2.75, 3.05) is 13.7 Å². The summed E-state index contributed by atoms with van der Waals surface area (Å²) in [4.78, 5) is 15.6. The normalized spacial score (nSPS) is 12.5. The molecule has 0 radical (unpaired) electrons. The number of methoxy groups -OCH3 is 1. The zero-order valence-corrected chi connectivity index (χ0v) is 14.4. The quantitative estimate of drug-likeness (QED) is 0.494. The lowest BCUT2D eigenvalue weighted by Gasteiger charge is -2.16. The highest BCUT2D eigenvalue weighted by molar-refractivity contribution is 5.92. The fourth-order valence-electron chi connectivity index (χ4n) is 2.05. The zero-order chi connectivity index (χ0) is 17.4. The van der Waals surface area contributed by atoms with Gasteiger partial charge in [0.2, 0.25) is 0 Å². The molecule has 0 heterocycles. The number of esters is 1. The van der Waals surface area contributed by atoms with Crippen molar-refractivity contribution in [2.24, 2.45) is 10.9 Å². The first-order valence-corrected chi connectivity index (χ1v) is 7.67. The number of halogens is 1. The maximum atomic E-state index is 13.4. The Kier molecular flexibility index (Phi) is 7.45. The number of hydrogen-bond donors (Lipinski definition) is 1. The highest BCUT2D eigenvalue weighted by atomic mass is 19.1. The minimum absolute atomic E-state index is 0.0228. The molecule has 0 unspecified atom stereocenters. The Morgan fingerprint density at radius 1 is 1.43 bits per heavy atom. The van der Waals surface area contributed by atoms with E-state index in [2.05, 4.69) is 28.9 Å². The van der Waals surface area contributed by atoms with E-state index in [0.717, 1.165) is 11.3 Å². The monoisotopic (exact) mass is 320 g/mol. The number of allylic oxidation sites excluding steroid dienone is 1. The van der Waals surface area contributed by atoms with Crippen molar-refractivity contribution in [3.8, 4) is 0 Å². The molecule has 1 rings (SSSR count). The average molecular weight is 320 g/mol. The molecule has 5 heteroatoms. The van der Waals surface area contributed by atoms with Gasteiger partial charge in [0.1, 0.15) is 18.2 Å². The van der Waals surface area contributed by atoms with E-state index in [1.807, 2.05) is 13.0 Å². The lowest BCUT2D eigenvalue weighted by atomic mass is 10.1. The summed E-state index contributed by atoms with van der Waals surface area (Å²) in [5.74, 6) is 0.478. The van der Waals surface area contributed by atoms with Crippen molar-refractivity contribution in [1.29, 1.82) is 0 Å². The van der Waals surface area contributed by atoms with Crippen LogP contribution in [0, 0.1) is 18.7 Å². The van der Waals surface area contributed by atoms with E-state index in [9.17, 15) is 9.18 Å². The summed E-state index contributed by atoms with van der Waals surface area (Å²) in [5.41, 5.74) is 2.29. The van der Waals surface area contributed by atoms with Gasteiger partial charge in [0.15, 0.2) is 0 Å². The number of carbonyl (C=O) groups is 1. The second kappa shape index (κ2) is 9.08. The molecule has 1 aromatic carbocycles. The number of nitrogens with one attached hydrogen (secondary N) is 1. The Balaban J connectivity index is 2.98. The number of ether oxygens (including phenoxy) is 1. The molecule has 0 aliphatic heterocycles. The third-order valence-corrected chi connectivity index (χ3v) is 3.26. The van der Waals surface area contributed by atoms with Crippen LogP contribution in [-0.2, 0) is 9.53 Å². The molecule has 0 aliphatic carbocycles. The van der Waals surface area contributed by atoms with E-state index in [-0.39, 0.29) is 18.3 Å². The second-order valence-corrected chi connectivity index (χ2v) is 5.73. The third-order valence-electron chi connectivity index (χ3n) is 3.26. The summed E-state index contributed by atoms with van der Waals surface area (Å²) < 4.78 is 18.1. The van der Waals surface area contributed by atoms with Gasteiger partial charge in [-0.3, -0.25) is 9.79 Å². The van der Waals surface area contributed by atoms with Gasteiger partial charge in [-0.2, -0.15) is 0 Å². The lowest BCUT2D eigenvalue weighted by molar-refractivity contribution is -0.138. The first-order chi connectivity index (χ1) is 10.9. The predicted octanol–water partition coefficient (Wildman–Crippen LogP) is 3.70. The number of amidine groups is 1. The Bertz CT molecular complexity index is 607. The molecular weight excluding hydrogens is 295 g/mol. The van der Waals surface area contributed by atoms with E-state index in [1.54, 1.807) is 19.1 Å². The molecule has 1 N–H and O–H groups in total. The van der Waals surface area contributed by atoms with Crippen LogP contribution in [0.25, 0.3) is 5.70 Å². The molecule has 0 amide bonds. The van der Waals surface area contributed by atoms with Gasteiger partial charge in [-0.25, -0.2) is 4.39 Å². The maximum absolute atomic E-state index is 13.4. The van der Waals surface area contributed by atoms with Crippen LogP contribution < -0.4 is 5.32 Å². The first kappa shape index (κ1) is 18.9. The van der Waals surface area contributed by atoms with Crippen LogP contribution >= 0.6 is 0 Å². The summed E-state index contributed by atoms with van der Waals surface area (Å²) in [6, 6.07) is 4.95. The largest absolute Gasteiger partial charge is 0.468 e. The van der Waals surface area contributed by atoms with Crippen LogP contribution in [0.4, 0.5) is 4.39 Å². The highest BCUT2D eigenvalue weighted by Crippen LogP contribution is 2.17. The molecule has 0 aliphatic rings. The van der Waals surface area contributed by atoms with Gasteiger partial charge in [-0.1, -0.05) is 19.9 Å². The van der Waals surface area contributed by atoms with E-state index in [1.165, 1.54) is 13.2 Å². The van der Waals surface area contributed by atoms with Crippen molar-refractivity contribution in [1.82, 2.24) is 5.32 Å². The Labute approximate surface area is 137 Å². The van der Waals surface area contributed by atoms with Gasteiger partial charge in [0.05, 0.1) is 7.11 Å². The number of aryl methyl sites for hydroxylation is 1. The summed E-state index contributed by atoms with van der Waals surface area (Å²) >= 11 is 0. The number of aliphatic imine (C=N–C) groups is 1. The Morgan fingerprint density at radius 3 is 2.65 bits per heavy atom. The Hall–Kier alpha value is -2.17. The molecule has 0 saturated heterocycles. The number of nitrogens with zero attached hydrogens (tertiary/aromatic N) is 1.